The lowest BCUT2D eigenvalue weighted by molar-refractivity contribution is 0.568. The van der Waals surface area contributed by atoms with Crippen LogP contribution in [0.25, 0.3) is 0 Å². The second-order valence-corrected chi connectivity index (χ2v) is 5.70. The van der Waals surface area contributed by atoms with Gasteiger partial charge in [-0.3, -0.25) is 0 Å². The molecule has 0 bridgehead atoms. The van der Waals surface area contributed by atoms with Crippen molar-refractivity contribution in [2.24, 2.45) is 0 Å². The van der Waals surface area contributed by atoms with Crippen molar-refractivity contribution >= 4 is 23.4 Å². The van der Waals surface area contributed by atoms with Gasteiger partial charge in [-0.2, -0.15) is 0 Å². The Hall–Kier alpha value is -1.86. The van der Waals surface area contributed by atoms with E-state index in [-0.39, 0.29) is 6.04 Å². The summed E-state index contributed by atoms with van der Waals surface area (Å²) in [5, 5.41) is 4.74. The van der Waals surface area contributed by atoms with E-state index in [1.54, 1.807) is 0 Å². The number of aromatic nitrogens is 3. The zero-order valence-electron chi connectivity index (χ0n) is 12.2. The molecule has 1 unspecified atom stereocenters. The van der Waals surface area contributed by atoms with Gasteiger partial charge in [-0.05, 0) is 43.3 Å². The zero-order valence-corrected chi connectivity index (χ0v) is 13.0. The molecule has 0 saturated heterocycles. The highest BCUT2D eigenvalue weighted by molar-refractivity contribution is 7.99. The van der Waals surface area contributed by atoms with E-state index in [4.69, 9.17) is 11.5 Å². The summed E-state index contributed by atoms with van der Waals surface area (Å²) in [6, 6.07) is 5.82. The molecule has 0 aromatic carbocycles. The fourth-order valence-corrected chi connectivity index (χ4v) is 2.52. The molecule has 112 valence electrons. The molecule has 0 aliphatic carbocycles. The number of nitrogen functional groups attached to an aromatic ring is 2. The van der Waals surface area contributed by atoms with Gasteiger partial charge in [-0.25, -0.2) is 15.0 Å². The van der Waals surface area contributed by atoms with Gasteiger partial charge >= 0.3 is 0 Å². The highest BCUT2D eigenvalue weighted by Crippen LogP contribution is 2.25. The first-order valence-electron chi connectivity index (χ1n) is 6.85. The fraction of sp³-hybridized carbons (Fsp3) is 0.357. The molecule has 5 N–H and O–H groups in total. The maximum Gasteiger partial charge on any atom is 0.197 e. The Morgan fingerprint density at radius 2 is 1.95 bits per heavy atom. The average Bonchev–Trinajstić information content (AvgIpc) is 2.44. The Morgan fingerprint density at radius 1 is 1.24 bits per heavy atom. The van der Waals surface area contributed by atoms with Gasteiger partial charge in [0.05, 0.1) is 0 Å². The Kier molecular flexibility index (Phi) is 5.35. The normalized spacial score (nSPS) is 12.3. The molecule has 2 aromatic rings. The van der Waals surface area contributed by atoms with Crippen molar-refractivity contribution in [2.75, 3.05) is 18.0 Å². The van der Waals surface area contributed by atoms with E-state index < -0.39 is 0 Å². The quantitative estimate of drug-likeness (QED) is 0.703. The van der Waals surface area contributed by atoms with E-state index in [2.05, 4.69) is 40.2 Å². The van der Waals surface area contributed by atoms with E-state index in [9.17, 15) is 0 Å². The lowest BCUT2D eigenvalue weighted by Crippen LogP contribution is -2.19. The molecule has 1 atom stereocenters. The van der Waals surface area contributed by atoms with Gasteiger partial charge in [-0.15, -0.1) is 0 Å². The van der Waals surface area contributed by atoms with Crippen LogP contribution in [0.3, 0.4) is 0 Å². The smallest absolute Gasteiger partial charge is 0.197 e. The summed E-state index contributed by atoms with van der Waals surface area (Å²) in [6.45, 7) is 5.27. The van der Waals surface area contributed by atoms with Crippen molar-refractivity contribution in [3.05, 3.63) is 30.0 Å². The number of nitrogens with one attached hydrogen (secondary N) is 1. The van der Waals surface area contributed by atoms with Crippen molar-refractivity contribution < 1.29 is 0 Å². The van der Waals surface area contributed by atoms with Crippen molar-refractivity contribution in [3.8, 4) is 0 Å². The number of anilines is 2. The average molecular weight is 304 g/mol. The molecule has 0 radical (unpaired) electrons. The largest absolute Gasteiger partial charge is 0.383 e. The molecule has 2 heterocycles. The number of hydrogen-bond donors (Lipinski definition) is 3. The van der Waals surface area contributed by atoms with Crippen LogP contribution in [0.1, 0.15) is 31.9 Å². The van der Waals surface area contributed by atoms with Crippen molar-refractivity contribution in [2.45, 2.75) is 36.5 Å². The number of rotatable bonds is 6. The third-order valence-electron chi connectivity index (χ3n) is 2.90. The molecule has 0 fully saturated rings. The van der Waals surface area contributed by atoms with Crippen LogP contribution in [0.4, 0.5) is 11.6 Å². The predicted molar refractivity (Wildman–Crippen MR) is 85.9 cm³/mol. The Morgan fingerprint density at radius 3 is 2.52 bits per heavy atom. The zero-order chi connectivity index (χ0) is 15.2. The number of nitrogens with two attached hydrogens (primary N) is 2. The summed E-state index contributed by atoms with van der Waals surface area (Å²) >= 11 is 1.34. The summed E-state index contributed by atoms with van der Waals surface area (Å²) in [5.41, 5.74) is 12.5. The third kappa shape index (κ3) is 4.57. The summed E-state index contributed by atoms with van der Waals surface area (Å²) < 4.78 is 0. The molecule has 6 nitrogen and oxygen atoms in total. The molecule has 0 saturated carbocycles. The second-order valence-electron chi connectivity index (χ2n) is 4.71. The Balaban J connectivity index is 2.05. The van der Waals surface area contributed by atoms with Gasteiger partial charge < -0.3 is 16.8 Å². The molecular formula is C14H20N6S. The number of hydrogen-bond acceptors (Lipinski definition) is 7. The van der Waals surface area contributed by atoms with Gasteiger partial charge in [0.2, 0.25) is 0 Å². The summed E-state index contributed by atoms with van der Waals surface area (Å²) in [7, 11) is 0. The molecule has 0 aliphatic rings. The topological polar surface area (TPSA) is 103 Å². The van der Waals surface area contributed by atoms with Crippen LogP contribution in [-0.4, -0.2) is 21.5 Å². The first-order chi connectivity index (χ1) is 10.1. The number of pyridine rings is 1. The Labute approximate surface area is 128 Å². The van der Waals surface area contributed by atoms with Crippen LogP contribution in [-0.2, 0) is 0 Å². The van der Waals surface area contributed by atoms with Crippen LogP contribution in [0.2, 0.25) is 0 Å². The molecule has 0 amide bonds. The van der Waals surface area contributed by atoms with E-state index >= 15 is 0 Å². The minimum atomic E-state index is 0.288. The minimum Gasteiger partial charge on any atom is -0.383 e. The number of nitrogens with zero attached hydrogens (tertiary/aromatic N) is 3. The Bertz CT molecular complexity index is 566. The van der Waals surface area contributed by atoms with Crippen molar-refractivity contribution in [1.29, 1.82) is 0 Å². The molecule has 2 rings (SSSR count). The van der Waals surface area contributed by atoms with Crippen LogP contribution in [0.5, 0.6) is 0 Å². The first-order valence-corrected chi connectivity index (χ1v) is 7.67. The molecule has 7 heteroatoms. The van der Waals surface area contributed by atoms with Gasteiger partial charge in [0.25, 0.3) is 0 Å². The lowest BCUT2D eigenvalue weighted by atomic mass is 10.1. The van der Waals surface area contributed by atoms with Crippen molar-refractivity contribution in [3.63, 3.8) is 0 Å². The SMILES string of the molecule is CCCNC(C)c1ccc(Sc2nc(N)cc(N)n2)nc1. The maximum atomic E-state index is 5.65. The van der Waals surface area contributed by atoms with Gasteiger partial charge in [0.15, 0.2) is 5.16 Å². The molecule has 0 spiro atoms. The molecule has 21 heavy (non-hydrogen) atoms. The molecular weight excluding hydrogens is 284 g/mol. The van der Waals surface area contributed by atoms with E-state index in [0.717, 1.165) is 23.6 Å². The molecule has 2 aromatic heterocycles. The standard InChI is InChI=1S/C14H20N6S/c1-3-6-17-9(2)10-4-5-13(18-8-10)21-14-19-11(15)7-12(16)20-14/h4-5,7-9,17H,3,6H2,1-2H3,(H4,15,16,19,20). The van der Waals surface area contributed by atoms with Gasteiger partial charge in [0.1, 0.15) is 16.7 Å². The first kappa shape index (κ1) is 15.5. The van der Waals surface area contributed by atoms with Crippen LogP contribution in [0, 0.1) is 0 Å². The maximum absolute atomic E-state index is 5.65. The fourth-order valence-electron chi connectivity index (χ4n) is 1.79. The van der Waals surface area contributed by atoms with E-state index in [0.29, 0.717) is 16.8 Å². The summed E-state index contributed by atoms with van der Waals surface area (Å²) in [4.78, 5) is 12.7. The lowest BCUT2D eigenvalue weighted by Gasteiger charge is -2.13. The van der Waals surface area contributed by atoms with Gasteiger partial charge in [-0.1, -0.05) is 13.0 Å². The monoisotopic (exact) mass is 304 g/mol. The summed E-state index contributed by atoms with van der Waals surface area (Å²) in [6.07, 6.45) is 2.98. The van der Waals surface area contributed by atoms with Crippen LogP contribution < -0.4 is 16.8 Å². The van der Waals surface area contributed by atoms with Crippen LogP contribution in [0.15, 0.2) is 34.6 Å². The third-order valence-corrected chi connectivity index (χ3v) is 3.72. The minimum absolute atomic E-state index is 0.288. The second kappa shape index (κ2) is 7.24. The summed E-state index contributed by atoms with van der Waals surface area (Å²) in [5.74, 6) is 0.720. The molecule has 0 aliphatic heterocycles. The van der Waals surface area contributed by atoms with E-state index in [1.165, 1.54) is 17.8 Å². The highest BCUT2D eigenvalue weighted by atomic mass is 32.2. The highest BCUT2D eigenvalue weighted by Gasteiger charge is 2.07. The predicted octanol–water partition coefficient (Wildman–Crippen LogP) is 2.25. The van der Waals surface area contributed by atoms with E-state index in [1.807, 2.05) is 12.3 Å². The van der Waals surface area contributed by atoms with Crippen LogP contribution >= 0.6 is 11.8 Å². The van der Waals surface area contributed by atoms with Gasteiger partial charge in [0, 0.05) is 18.3 Å². The van der Waals surface area contributed by atoms with Crippen molar-refractivity contribution in [1.82, 2.24) is 20.3 Å².